The van der Waals surface area contributed by atoms with Gasteiger partial charge in [-0.15, -0.1) is 0 Å². The highest BCUT2D eigenvalue weighted by molar-refractivity contribution is 6.31. The maximum absolute atomic E-state index is 14.0. The Labute approximate surface area is 225 Å². The van der Waals surface area contributed by atoms with Crippen molar-refractivity contribution < 1.29 is 19.5 Å². The van der Waals surface area contributed by atoms with Gasteiger partial charge in [0.15, 0.2) is 0 Å². The number of phenols is 1. The summed E-state index contributed by atoms with van der Waals surface area (Å²) in [5.74, 6) is -0.0681. The number of aromatic amines is 1. The number of nitrogens with one attached hydrogen (secondary N) is 1. The molecule has 0 aliphatic carbocycles. The number of urea groups is 1. The first kappa shape index (κ1) is 24.8. The van der Waals surface area contributed by atoms with Gasteiger partial charge in [0.1, 0.15) is 17.3 Å². The lowest BCUT2D eigenvalue weighted by Gasteiger charge is -2.42. The number of benzene rings is 2. The van der Waals surface area contributed by atoms with Crippen LogP contribution in [0, 0.1) is 0 Å². The molecule has 3 aliphatic rings. The molecule has 38 heavy (non-hydrogen) atoms. The molecule has 1 aromatic heterocycles. The molecule has 2 atom stereocenters. The molecule has 9 nitrogen and oxygen atoms in total. The maximum atomic E-state index is 14.0. The molecule has 0 spiro atoms. The normalized spacial score (nSPS) is 23.8. The van der Waals surface area contributed by atoms with Crippen LogP contribution in [0.25, 0.3) is 10.9 Å². The number of amides is 4. The maximum Gasteiger partial charge on any atom is 0.328 e. The van der Waals surface area contributed by atoms with E-state index in [1.165, 1.54) is 4.90 Å². The SMILES string of the molecule is CC(=O)N1CCN(CCN2C(=O)N3C(c4cccc(O)c4)c4[nH]c5ccc(Cl)cc5c4CC3(C)C2=O)CC1. The lowest BCUT2D eigenvalue weighted by molar-refractivity contribution is -0.133. The second kappa shape index (κ2) is 9.03. The number of fused-ring (bicyclic) bond motifs is 4. The first-order valence-electron chi connectivity index (χ1n) is 12.9. The topological polar surface area (TPSA) is 100 Å². The van der Waals surface area contributed by atoms with Gasteiger partial charge in [-0.3, -0.25) is 24.3 Å². The van der Waals surface area contributed by atoms with E-state index in [0.29, 0.717) is 44.2 Å². The van der Waals surface area contributed by atoms with Gasteiger partial charge in [0.25, 0.3) is 5.91 Å². The van der Waals surface area contributed by atoms with Crippen molar-refractivity contribution in [2.75, 3.05) is 39.3 Å². The number of aromatic nitrogens is 1. The molecule has 2 unspecified atom stereocenters. The first-order valence-corrected chi connectivity index (χ1v) is 13.3. The molecule has 2 N–H and O–H groups in total. The van der Waals surface area contributed by atoms with Crippen molar-refractivity contribution in [1.29, 1.82) is 0 Å². The quantitative estimate of drug-likeness (QED) is 0.499. The van der Waals surface area contributed by atoms with Crippen molar-refractivity contribution in [1.82, 2.24) is 24.6 Å². The summed E-state index contributed by atoms with van der Waals surface area (Å²) in [6.45, 7) is 6.94. The second-order valence-corrected chi connectivity index (χ2v) is 11.0. The van der Waals surface area contributed by atoms with Gasteiger partial charge in [-0.25, -0.2) is 4.79 Å². The molecule has 6 rings (SSSR count). The van der Waals surface area contributed by atoms with Crippen LogP contribution >= 0.6 is 11.6 Å². The van der Waals surface area contributed by atoms with Gasteiger partial charge in [-0.1, -0.05) is 23.7 Å². The highest BCUT2D eigenvalue weighted by atomic mass is 35.5. The van der Waals surface area contributed by atoms with Crippen LogP contribution in [0.2, 0.25) is 5.02 Å². The molecule has 10 heteroatoms. The Bertz CT molecular complexity index is 1460. The molecular weight excluding hydrogens is 506 g/mol. The summed E-state index contributed by atoms with van der Waals surface area (Å²) in [5.41, 5.74) is 2.30. The minimum Gasteiger partial charge on any atom is -0.508 e. The predicted octanol–water partition coefficient (Wildman–Crippen LogP) is 3.36. The number of carbonyl (C=O) groups is 3. The summed E-state index contributed by atoms with van der Waals surface area (Å²) in [6, 6.07) is 11.5. The van der Waals surface area contributed by atoms with Crippen molar-refractivity contribution in [3.63, 3.8) is 0 Å². The monoisotopic (exact) mass is 535 g/mol. The average Bonchev–Trinajstić information content (AvgIpc) is 3.33. The summed E-state index contributed by atoms with van der Waals surface area (Å²) in [4.78, 5) is 50.1. The molecule has 0 saturated carbocycles. The zero-order chi connectivity index (χ0) is 26.8. The standard InChI is InChI=1S/C28H30ClN5O4/c1-17(35)32-11-8-31(9-12-32)10-13-33-26(37)28(2)16-22-21-15-19(29)6-7-23(21)30-24(22)25(34(28)27(33)38)18-4-3-5-20(36)14-18/h3-7,14-15,25,30,36H,8-13,16H2,1-2H3. The third-order valence-corrected chi connectivity index (χ3v) is 8.51. The molecule has 0 bridgehead atoms. The fourth-order valence-electron chi connectivity index (χ4n) is 6.25. The number of H-pyrrole nitrogens is 1. The zero-order valence-electron chi connectivity index (χ0n) is 21.4. The lowest BCUT2D eigenvalue weighted by Crippen LogP contribution is -2.53. The lowest BCUT2D eigenvalue weighted by atomic mass is 9.81. The Balaban J connectivity index is 1.35. The third kappa shape index (κ3) is 3.84. The summed E-state index contributed by atoms with van der Waals surface area (Å²) in [6.07, 6.45) is 0.357. The molecule has 3 aromatic rings. The summed E-state index contributed by atoms with van der Waals surface area (Å²) in [5, 5.41) is 11.8. The third-order valence-electron chi connectivity index (χ3n) is 8.27. The van der Waals surface area contributed by atoms with E-state index in [1.54, 1.807) is 30.0 Å². The second-order valence-electron chi connectivity index (χ2n) is 10.6. The highest BCUT2D eigenvalue weighted by Crippen LogP contribution is 2.49. The Morgan fingerprint density at radius 2 is 1.87 bits per heavy atom. The van der Waals surface area contributed by atoms with Crippen molar-refractivity contribution >= 4 is 40.3 Å². The number of nitrogens with zero attached hydrogens (tertiary/aromatic N) is 4. The Hall–Kier alpha value is -3.56. The molecule has 198 valence electrons. The number of imide groups is 1. The molecule has 2 fully saturated rings. The van der Waals surface area contributed by atoms with E-state index in [4.69, 9.17) is 11.6 Å². The van der Waals surface area contributed by atoms with Crippen LogP contribution < -0.4 is 0 Å². The van der Waals surface area contributed by atoms with Crippen molar-refractivity contribution in [3.8, 4) is 5.75 Å². The van der Waals surface area contributed by atoms with E-state index in [2.05, 4.69) is 9.88 Å². The molecule has 2 aromatic carbocycles. The number of phenolic OH excluding ortho intramolecular Hbond substituents is 1. The predicted molar refractivity (Wildman–Crippen MR) is 143 cm³/mol. The Kier molecular flexibility index (Phi) is 5.88. The van der Waals surface area contributed by atoms with Crippen LogP contribution in [0.1, 0.15) is 36.7 Å². The number of aromatic hydroxyl groups is 1. The number of halogens is 1. The minimum atomic E-state index is -1.09. The van der Waals surface area contributed by atoms with E-state index in [1.807, 2.05) is 36.1 Å². The molecule has 2 saturated heterocycles. The van der Waals surface area contributed by atoms with Gasteiger partial charge in [0.2, 0.25) is 5.91 Å². The van der Waals surface area contributed by atoms with E-state index in [9.17, 15) is 19.5 Å². The molecule has 0 radical (unpaired) electrons. The Morgan fingerprint density at radius 1 is 1.11 bits per heavy atom. The number of piperazine rings is 1. The zero-order valence-corrected chi connectivity index (χ0v) is 22.2. The van der Waals surface area contributed by atoms with Crippen molar-refractivity contribution in [2.45, 2.75) is 31.8 Å². The molecule has 4 heterocycles. The number of carbonyl (C=O) groups excluding carboxylic acids is 3. The fourth-order valence-corrected chi connectivity index (χ4v) is 6.42. The van der Waals surface area contributed by atoms with Crippen molar-refractivity contribution in [3.05, 3.63) is 64.3 Å². The van der Waals surface area contributed by atoms with Crippen LogP contribution in [0.5, 0.6) is 5.75 Å². The summed E-state index contributed by atoms with van der Waals surface area (Å²) in [7, 11) is 0. The molecule has 4 amide bonds. The fraction of sp³-hybridized carbons (Fsp3) is 0.393. The van der Waals surface area contributed by atoms with E-state index in [0.717, 1.165) is 27.7 Å². The van der Waals surface area contributed by atoms with Gasteiger partial charge in [-0.05, 0) is 48.4 Å². The van der Waals surface area contributed by atoms with Crippen molar-refractivity contribution in [2.24, 2.45) is 0 Å². The smallest absolute Gasteiger partial charge is 0.328 e. The Morgan fingerprint density at radius 3 is 2.58 bits per heavy atom. The van der Waals surface area contributed by atoms with Gasteiger partial charge in [-0.2, -0.15) is 0 Å². The molecule has 3 aliphatic heterocycles. The van der Waals surface area contributed by atoms with Gasteiger partial charge in [0.05, 0.1) is 0 Å². The van der Waals surface area contributed by atoms with Crippen LogP contribution in [0.4, 0.5) is 4.79 Å². The first-order chi connectivity index (χ1) is 18.2. The largest absolute Gasteiger partial charge is 0.508 e. The van der Waals surface area contributed by atoms with E-state index in [-0.39, 0.29) is 30.1 Å². The van der Waals surface area contributed by atoms with E-state index >= 15 is 0 Å². The number of hydrogen-bond acceptors (Lipinski definition) is 5. The highest BCUT2D eigenvalue weighted by Gasteiger charge is 2.60. The average molecular weight is 536 g/mol. The molecular formula is C28H30ClN5O4. The van der Waals surface area contributed by atoms with E-state index < -0.39 is 11.6 Å². The minimum absolute atomic E-state index is 0.0642. The van der Waals surface area contributed by atoms with Gasteiger partial charge >= 0.3 is 6.03 Å². The summed E-state index contributed by atoms with van der Waals surface area (Å²) < 4.78 is 0. The van der Waals surface area contributed by atoms with Crippen LogP contribution in [0.15, 0.2) is 42.5 Å². The van der Waals surface area contributed by atoms with Crippen LogP contribution in [-0.2, 0) is 16.0 Å². The van der Waals surface area contributed by atoms with Crippen LogP contribution in [-0.4, -0.2) is 92.3 Å². The number of rotatable bonds is 4. The van der Waals surface area contributed by atoms with Gasteiger partial charge in [0, 0.05) is 74.2 Å². The number of hydrogen-bond donors (Lipinski definition) is 2. The van der Waals surface area contributed by atoms with Crippen LogP contribution in [0.3, 0.4) is 0 Å². The summed E-state index contributed by atoms with van der Waals surface area (Å²) >= 11 is 6.34. The van der Waals surface area contributed by atoms with Gasteiger partial charge < -0.3 is 15.0 Å².